The Labute approximate surface area is 119 Å². The van der Waals surface area contributed by atoms with Gasteiger partial charge in [0.15, 0.2) is 0 Å². The van der Waals surface area contributed by atoms with Crippen molar-refractivity contribution in [3.8, 4) is 0 Å². The second kappa shape index (κ2) is 5.44. The van der Waals surface area contributed by atoms with Gasteiger partial charge in [0.1, 0.15) is 0 Å². The van der Waals surface area contributed by atoms with Crippen LogP contribution < -0.4 is 5.73 Å². The van der Waals surface area contributed by atoms with Crippen molar-refractivity contribution >= 4 is 11.6 Å². The van der Waals surface area contributed by atoms with Gasteiger partial charge in [-0.15, -0.1) is 0 Å². The number of hydrogen-bond donors (Lipinski definition) is 1. The van der Waals surface area contributed by atoms with E-state index < -0.39 is 0 Å². The molecular formula is C16H22N2O2. The first-order valence-corrected chi connectivity index (χ1v) is 7.40. The zero-order chi connectivity index (χ0) is 14.1. The molecule has 1 aliphatic heterocycles. The summed E-state index contributed by atoms with van der Waals surface area (Å²) in [4.78, 5) is 14.7. The highest BCUT2D eigenvalue weighted by Crippen LogP contribution is 2.32. The quantitative estimate of drug-likeness (QED) is 0.856. The molecule has 1 saturated carbocycles. The van der Waals surface area contributed by atoms with Gasteiger partial charge in [0.2, 0.25) is 5.91 Å². The summed E-state index contributed by atoms with van der Waals surface area (Å²) >= 11 is 0. The van der Waals surface area contributed by atoms with E-state index in [1.807, 2.05) is 36.1 Å². The van der Waals surface area contributed by atoms with Gasteiger partial charge < -0.3 is 15.4 Å². The summed E-state index contributed by atoms with van der Waals surface area (Å²) in [6, 6.07) is 8.23. The van der Waals surface area contributed by atoms with Crippen LogP contribution in [-0.4, -0.2) is 29.6 Å². The first kappa shape index (κ1) is 13.4. The summed E-state index contributed by atoms with van der Waals surface area (Å²) in [5, 5.41) is 0. The normalized spacial score (nSPS) is 25.6. The number of anilines is 1. The monoisotopic (exact) mass is 274 g/mol. The van der Waals surface area contributed by atoms with Gasteiger partial charge in [-0.3, -0.25) is 4.79 Å². The molecule has 0 bridgehead atoms. The van der Waals surface area contributed by atoms with E-state index in [4.69, 9.17) is 10.5 Å². The molecule has 0 aromatic heterocycles. The van der Waals surface area contributed by atoms with Crippen LogP contribution in [0.5, 0.6) is 0 Å². The highest BCUT2D eigenvalue weighted by molar-refractivity contribution is 5.80. The van der Waals surface area contributed by atoms with E-state index in [-0.39, 0.29) is 17.9 Å². The maximum atomic E-state index is 12.7. The van der Waals surface area contributed by atoms with Crippen molar-refractivity contribution in [2.45, 2.75) is 44.9 Å². The maximum Gasteiger partial charge on any atom is 0.228 e. The van der Waals surface area contributed by atoms with E-state index in [9.17, 15) is 4.79 Å². The molecule has 1 aromatic rings. The van der Waals surface area contributed by atoms with Crippen LogP contribution in [0, 0.1) is 5.92 Å². The van der Waals surface area contributed by atoms with Crippen molar-refractivity contribution in [3.05, 3.63) is 29.8 Å². The molecule has 0 spiro atoms. The Morgan fingerprint density at radius 2 is 2.25 bits per heavy atom. The van der Waals surface area contributed by atoms with E-state index in [0.29, 0.717) is 19.2 Å². The Kier molecular flexibility index (Phi) is 3.66. The van der Waals surface area contributed by atoms with E-state index in [1.54, 1.807) is 0 Å². The predicted molar refractivity (Wildman–Crippen MR) is 77.9 cm³/mol. The van der Waals surface area contributed by atoms with E-state index >= 15 is 0 Å². The van der Waals surface area contributed by atoms with Gasteiger partial charge in [0.25, 0.3) is 0 Å². The standard InChI is InChI=1S/C16H22N2O2/c1-11-7-13(10-20-11)16(19)18(15-5-6-15)9-12-3-2-4-14(17)8-12/h2-4,8,11,13,15H,5-7,9-10,17H2,1H3. The first-order valence-electron chi connectivity index (χ1n) is 7.40. The van der Waals surface area contributed by atoms with Crippen LogP contribution in [0.3, 0.4) is 0 Å². The van der Waals surface area contributed by atoms with Crippen LogP contribution in [0.2, 0.25) is 0 Å². The molecule has 2 unspecified atom stereocenters. The lowest BCUT2D eigenvalue weighted by Crippen LogP contribution is -2.37. The predicted octanol–water partition coefficient (Wildman–Crippen LogP) is 2.18. The van der Waals surface area contributed by atoms with Crippen LogP contribution in [0.4, 0.5) is 5.69 Å². The van der Waals surface area contributed by atoms with Crippen molar-refractivity contribution in [1.82, 2.24) is 4.90 Å². The average molecular weight is 274 g/mol. The molecule has 1 heterocycles. The van der Waals surface area contributed by atoms with Crippen LogP contribution in [-0.2, 0) is 16.1 Å². The van der Waals surface area contributed by atoms with Gasteiger partial charge in [-0.1, -0.05) is 12.1 Å². The van der Waals surface area contributed by atoms with Gasteiger partial charge in [-0.05, 0) is 43.9 Å². The zero-order valence-corrected chi connectivity index (χ0v) is 11.9. The topological polar surface area (TPSA) is 55.6 Å². The van der Waals surface area contributed by atoms with Gasteiger partial charge in [-0.2, -0.15) is 0 Å². The van der Waals surface area contributed by atoms with Crippen molar-refractivity contribution in [3.63, 3.8) is 0 Å². The van der Waals surface area contributed by atoms with Crippen molar-refractivity contribution in [2.24, 2.45) is 5.92 Å². The Morgan fingerprint density at radius 1 is 1.45 bits per heavy atom. The summed E-state index contributed by atoms with van der Waals surface area (Å²) in [7, 11) is 0. The number of nitrogens with two attached hydrogens (primary N) is 1. The first-order chi connectivity index (χ1) is 9.63. The van der Waals surface area contributed by atoms with Gasteiger partial charge in [0.05, 0.1) is 18.6 Å². The third-order valence-electron chi connectivity index (χ3n) is 4.12. The van der Waals surface area contributed by atoms with Gasteiger partial charge in [0, 0.05) is 18.3 Å². The van der Waals surface area contributed by atoms with E-state index in [0.717, 1.165) is 30.5 Å². The zero-order valence-electron chi connectivity index (χ0n) is 11.9. The number of nitrogens with zero attached hydrogens (tertiary/aromatic N) is 1. The van der Waals surface area contributed by atoms with Crippen LogP contribution >= 0.6 is 0 Å². The van der Waals surface area contributed by atoms with Gasteiger partial charge >= 0.3 is 0 Å². The Morgan fingerprint density at radius 3 is 2.85 bits per heavy atom. The molecular weight excluding hydrogens is 252 g/mol. The lowest BCUT2D eigenvalue weighted by atomic mass is 10.0. The number of amides is 1. The third kappa shape index (κ3) is 2.96. The molecule has 4 heteroatoms. The molecule has 1 aliphatic carbocycles. The van der Waals surface area contributed by atoms with Gasteiger partial charge in [-0.25, -0.2) is 0 Å². The fourth-order valence-corrected chi connectivity index (χ4v) is 2.89. The summed E-state index contributed by atoms with van der Waals surface area (Å²) < 4.78 is 5.54. The minimum atomic E-state index is 0.0339. The van der Waals surface area contributed by atoms with Crippen molar-refractivity contribution in [2.75, 3.05) is 12.3 Å². The number of benzene rings is 1. The molecule has 2 fully saturated rings. The minimum absolute atomic E-state index is 0.0339. The molecule has 2 atom stereocenters. The lowest BCUT2D eigenvalue weighted by Gasteiger charge is -2.25. The Balaban J connectivity index is 1.71. The molecule has 108 valence electrons. The molecule has 1 saturated heterocycles. The molecule has 3 rings (SSSR count). The molecule has 0 radical (unpaired) electrons. The molecule has 20 heavy (non-hydrogen) atoms. The summed E-state index contributed by atoms with van der Waals surface area (Å²) in [6.45, 7) is 3.27. The number of ether oxygens (including phenoxy) is 1. The summed E-state index contributed by atoms with van der Waals surface area (Å²) in [6.07, 6.45) is 3.30. The lowest BCUT2D eigenvalue weighted by molar-refractivity contribution is -0.136. The molecule has 1 amide bonds. The Bertz CT molecular complexity index is 499. The fraction of sp³-hybridized carbons (Fsp3) is 0.562. The number of hydrogen-bond acceptors (Lipinski definition) is 3. The summed E-state index contributed by atoms with van der Waals surface area (Å²) in [5.74, 6) is 0.283. The molecule has 2 N–H and O–H groups in total. The van der Waals surface area contributed by atoms with E-state index in [2.05, 4.69) is 0 Å². The molecule has 2 aliphatic rings. The number of rotatable bonds is 4. The second-order valence-electron chi connectivity index (χ2n) is 6.02. The minimum Gasteiger partial charge on any atom is -0.399 e. The molecule has 4 nitrogen and oxygen atoms in total. The molecule has 1 aromatic carbocycles. The number of nitrogen functional groups attached to an aromatic ring is 1. The largest absolute Gasteiger partial charge is 0.399 e. The third-order valence-corrected chi connectivity index (χ3v) is 4.12. The van der Waals surface area contributed by atoms with Crippen LogP contribution in [0.25, 0.3) is 0 Å². The van der Waals surface area contributed by atoms with Crippen molar-refractivity contribution < 1.29 is 9.53 Å². The highest BCUT2D eigenvalue weighted by Gasteiger charge is 2.38. The second-order valence-corrected chi connectivity index (χ2v) is 6.02. The smallest absolute Gasteiger partial charge is 0.228 e. The fourth-order valence-electron chi connectivity index (χ4n) is 2.89. The van der Waals surface area contributed by atoms with Crippen LogP contribution in [0.1, 0.15) is 31.7 Å². The SMILES string of the molecule is CC1CC(C(=O)N(Cc2cccc(N)c2)C2CC2)CO1. The summed E-state index contributed by atoms with van der Waals surface area (Å²) in [5.41, 5.74) is 7.68. The average Bonchev–Trinajstić information content (AvgIpc) is 3.17. The highest BCUT2D eigenvalue weighted by atomic mass is 16.5. The van der Waals surface area contributed by atoms with Crippen molar-refractivity contribution in [1.29, 1.82) is 0 Å². The maximum absolute atomic E-state index is 12.7. The van der Waals surface area contributed by atoms with E-state index in [1.165, 1.54) is 0 Å². The van der Waals surface area contributed by atoms with Crippen LogP contribution in [0.15, 0.2) is 24.3 Å². The number of carbonyl (C=O) groups is 1. The number of carbonyl (C=O) groups excluding carboxylic acids is 1. The Hall–Kier alpha value is -1.55.